The van der Waals surface area contributed by atoms with Crippen molar-refractivity contribution in [1.29, 1.82) is 0 Å². The molecule has 0 spiro atoms. The van der Waals surface area contributed by atoms with Gasteiger partial charge in [0.25, 0.3) is 0 Å². The Morgan fingerprint density at radius 1 is 1.45 bits per heavy atom. The molecule has 0 aliphatic carbocycles. The Labute approximate surface area is 128 Å². The van der Waals surface area contributed by atoms with E-state index in [-0.39, 0.29) is 6.54 Å². The molecule has 0 bridgehead atoms. The SMILES string of the molecule is CC(C)(C)OC(=O)NCC(N=[N+]=[N-])c1c[nH]c2ccccc12. The lowest BCUT2D eigenvalue weighted by atomic mass is 10.1. The van der Waals surface area contributed by atoms with E-state index in [9.17, 15) is 4.79 Å². The van der Waals surface area contributed by atoms with E-state index in [2.05, 4.69) is 20.3 Å². The topological polar surface area (TPSA) is 103 Å². The molecule has 0 radical (unpaired) electrons. The van der Waals surface area contributed by atoms with Gasteiger partial charge in [-0.05, 0) is 37.9 Å². The van der Waals surface area contributed by atoms with E-state index in [1.54, 1.807) is 27.0 Å². The van der Waals surface area contributed by atoms with Crippen molar-refractivity contribution in [3.05, 3.63) is 46.5 Å². The van der Waals surface area contributed by atoms with Gasteiger partial charge in [0.2, 0.25) is 0 Å². The number of para-hydroxylation sites is 1. The normalized spacial score (nSPS) is 12.5. The molecule has 7 heteroatoms. The molecule has 7 nitrogen and oxygen atoms in total. The third-order valence-electron chi connectivity index (χ3n) is 3.01. The summed E-state index contributed by atoms with van der Waals surface area (Å²) < 4.78 is 5.18. The van der Waals surface area contributed by atoms with Crippen molar-refractivity contribution in [3.8, 4) is 0 Å². The smallest absolute Gasteiger partial charge is 0.407 e. The summed E-state index contributed by atoms with van der Waals surface area (Å²) in [4.78, 5) is 17.7. The fourth-order valence-electron chi connectivity index (χ4n) is 2.14. The van der Waals surface area contributed by atoms with Crippen molar-refractivity contribution < 1.29 is 9.53 Å². The van der Waals surface area contributed by atoms with Crippen molar-refractivity contribution in [1.82, 2.24) is 10.3 Å². The van der Waals surface area contributed by atoms with E-state index in [0.29, 0.717) is 0 Å². The molecule has 2 rings (SSSR count). The molecule has 1 heterocycles. The van der Waals surface area contributed by atoms with Gasteiger partial charge in [-0.1, -0.05) is 23.3 Å². The van der Waals surface area contributed by atoms with Gasteiger partial charge in [0, 0.05) is 28.6 Å². The van der Waals surface area contributed by atoms with Gasteiger partial charge >= 0.3 is 6.09 Å². The number of azide groups is 1. The predicted octanol–water partition coefficient (Wildman–Crippen LogP) is 4.04. The van der Waals surface area contributed by atoms with Crippen LogP contribution in [0.25, 0.3) is 21.3 Å². The van der Waals surface area contributed by atoms with E-state index in [1.807, 2.05) is 24.3 Å². The van der Waals surface area contributed by atoms with Crippen LogP contribution in [0.15, 0.2) is 35.6 Å². The highest BCUT2D eigenvalue weighted by Gasteiger charge is 2.19. The Hall–Kier alpha value is -2.66. The number of rotatable bonds is 4. The van der Waals surface area contributed by atoms with Crippen molar-refractivity contribution in [2.45, 2.75) is 32.4 Å². The molecule has 1 aromatic heterocycles. The van der Waals surface area contributed by atoms with Gasteiger partial charge in [0.1, 0.15) is 5.60 Å². The maximum atomic E-state index is 11.7. The van der Waals surface area contributed by atoms with Crippen LogP contribution in [0.4, 0.5) is 4.79 Å². The van der Waals surface area contributed by atoms with Crippen LogP contribution >= 0.6 is 0 Å². The van der Waals surface area contributed by atoms with Crippen molar-refractivity contribution in [2.24, 2.45) is 5.11 Å². The maximum Gasteiger partial charge on any atom is 0.407 e. The first-order chi connectivity index (χ1) is 10.4. The minimum atomic E-state index is -0.571. The number of fused-ring (bicyclic) bond motifs is 1. The number of hydrogen-bond donors (Lipinski definition) is 2. The number of hydrogen-bond acceptors (Lipinski definition) is 3. The van der Waals surface area contributed by atoms with Crippen molar-refractivity contribution in [2.75, 3.05) is 6.54 Å². The summed E-state index contributed by atoms with van der Waals surface area (Å²) in [6, 6.07) is 7.20. The second kappa shape index (κ2) is 6.41. The number of aromatic amines is 1. The van der Waals surface area contributed by atoms with Gasteiger partial charge < -0.3 is 15.0 Å². The molecule has 1 aromatic carbocycles. The molecule has 1 atom stereocenters. The van der Waals surface area contributed by atoms with Crippen molar-refractivity contribution >= 4 is 17.0 Å². The Bertz CT molecular complexity index is 710. The highest BCUT2D eigenvalue weighted by molar-refractivity contribution is 5.83. The summed E-state index contributed by atoms with van der Waals surface area (Å²) in [6.07, 6.45) is 1.26. The minimum Gasteiger partial charge on any atom is -0.444 e. The first kappa shape index (κ1) is 15.7. The molecular formula is C15H19N5O2. The summed E-state index contributed by atoms with van der Waals surface area (Å²) in [5, 5.41) is 7.38. The second-order valence-corrected chi connectivity index (χ2v) is 5.89. The van der Waals surface area contributed by atoms with Crippen LogP contribution in [0.2, 0.25) is 0 Å². The summed E-state index contributed by atoms with van der Waals surface area (Å²) in [5.74, 6) is 0. The lowest BCUT2D eigenvalue weighted by Crippen LogP contribution is -2.34. The Balaban J connectivity index is 2.14. The fourth-order valence-corrected chi connectivity index (χ4v) is 2.14. The molecule has 22 heavy (non-hydrogen) atoms. The second-order valence-electron chi connectivity index (χ2n) is 5.89. The van der Waals surface area contributed by atoms with Gasteiger partial charge in [0.05, 0.1) is 6.04 Å². The fraction of sp³-hybridized carbons (Fsp3) is 0.400. The molecule has 0 fully saturated rings. The number of ether oxygens (including phenoxy) is 1. The van der Waals surface area contributed by atoms with Gasteiger partial charge in [0.15, 0.2) is 0 Å². The largest absolute Gasteiger partial charge is 0.444 e. The number of carbonyl (C=O) groups excluding carboxylic acids is 1. The maximum absolute atomic E-state index is 11.7. The summed E-state index contributed by atoms with van der Waals surface area (Å²) >= 11 is 0. The Kier molecular flexibility index (Phi) is 4.58. The number of nitrogens with one attached hydrogen (secondary N) is 2. The number of carbonyl (C=O) groups is 1. The highest BCUT2D eigenvalue weighted by atomic mass is 16.6. The Morgan fingerprint density at radius 3 is 2.86 bits per heavy atom. The molecule has 0 saturated carbocycles. The first-order valence-electron chi connectivity index (χ1n) is 6.98. The van der Waals surface area contributed by atoms with E-state index in [0.717, 1.165) is 16.5 Å². The predicted molar refractivity (Wildman–Crippen MR) is 84.4 cm³/mol. The molecule has 116 valence electrons. The third-order valence-corrected chi connectivity index (χ3v) is 3.01. The molecule has 0 saturated heterocycles. The zero-order valence-corrected chi connectivity index (χ0v) is 12.8. The average molecular weight is 301 g/mol. The monoisotopic (exact) mass is 301 g/mol. The summed E-state index contributed by atoms with van der Waals surface area (Å²) in [7, 11) is 0. The molecule has 1 amide bonds. The van der Waals surface area contributed by atoms with Crippen LogP contribution in [-0.2, 0) is 4.74 Å². The van der Waals surface area contributed by atoms with E-state index < -0.39 is 17.7 Å². The Morgan fingerprint density at radius 2 is 2.18 bits per heavy atom. The van der Waals surface area contributed by atoms with Gasteiger partial charge in [-0.25, -0.2) is 4.79 Å². The van der Waals surface area contributed by atoms with E-state index >= 15 is 0 Å². The van der Waals surface area contributed by atoms with Crippen molar-refractivity contribution in [3.63, 3.8) is 0 Å². The number of amides is 1. The summed E-state index contributed by atoms with van der Waals surface area (Å²) in [5.41, 5.74) is 9.98. The molecule has 0 aliphatic heterocycles. The first-order valence-corrected chi connectivity index (χ1v) is 6.98. The lowest BCUT2D eigenvalue weighted by molar-refractivity contribution is 0.0524. The molecule has 1 unspecified atom stereocenters. The van der Waals surface area contributed by atoms with Crippen LogP contribution in [0.5, 0.6) is 0 Å². The third kappa shape index (κ3) is 3.93. The van der Waals surface area contributed by atoms with E-state index in [4.69, 9.17) is 10.3 Å². The van der Waals surface area contributed by atoms with Gasteiger partial charge in [-0.3, -0.25) is 0 Å². The average Bonchev–Trinajstić information content (AvgIpc) is 2.85. The van der Waals surface area contributed by atoms with E-state index in [1.165, 1.54) is 0 Å². The molecular weight excluding hydrogens is 282 g/mol. The molecule has 2 N–H and O–H groups in total. The zero-order chi connectivity index (χ0) is 16.2. The van der Waals surface area contributed by atoms with Gasteiger partial charge in [-0.15, -0.1) is 0 Å². The molecule has 0 aliphatic rings. The zero-order valence-electron chi connectivity index (χ0n) is 12.8. The minimum absolute atomic E-state index is 0.167. The quantitative estimate of drug-likeness (QED) is 0.505. The van der Waals surface area contributed by atoms with Gasteiger partial charge in [-0.2, -0.15) is 0 Å². The molecule has 2 aromatic rings. The highest BCUT2D eigenvalue weighted by Crippen LogP contribution is 2.26. The van der Waals surface area contributed by atoms with Crippen LogP contribution < -0.4 is 5.32 Å². The number of benzene rings is 1. The lowest BCUT2D eigenvalue weighted by Gasteiger charge is -2.20. The van der Waals surface area contributed by atoms with Crippen LogP contribution in [0, 0.1) is 0 Å². The summed E-state index contributed by atoms with van der Waals surface area (Å²) in [6.45, 7) is 5.53. The number of aromatic nitrogens is 1. The van der Waals surface area contributed by atoms with Crippen LogP contribution in [-0.4, -0.2) is 23.2 Å². The standard InChI is InChI=1S/C15H19N5O2/c1-15(2,3)22-14(21)18-9-13(19-20-16)11-8-17-12-7-5-4-6-10(11)12/h4-8,13,17H,9H2,1-3H3,(H,18,21). The number of nitrogens with zero attached hydrogens (tertiary/aromatic N) is 3. The van der Waals surface area contributed by atoms with Crippen LogP contribution in [0.1, 0.15) is 32.4 Å². The van der Waals surface area contributed by atoms with Crippen LogP contribution in [0.3, 0.4) is 0 Å². The number of alkyl carbamates (subject to hydrolysis) is 1. The number of H-pyrrole nitrogens is 1.